The lowest BCUT2D eigenvalue weighted by Gasteiger charge is -2.38. The largest absolute Gasteiger partial charge is 0.394 e. The highest BCUT2D eigenvalue weighted by Crippen LogP contribution is 2.58. The molecule has 0 aromatic carbocycles. The second-order valence-corrected chi connectivity index (χ2v) is 4.63. The molecule has 16 heteroatoms. The first-order valence-corrected chi connectivity index (χ1v) is 5.79. The van der Waals surface area contributed by atoms with E-state index in [-0.39, 0.29) is 0 Å². The molecule has 3 nitrogen and oxygen atoms in total. The molecule has 0 radical (unpaired) electrons. The monoisotopic (exact) mass is 403 g/mol. The van der Waals surface area contributed by atoms with Crippen molar-refractivity contribution >= 4 is 0 Å². The van der Waals surface area contributed by atoms with E-state index in [9.17, 15) is 57.1 Å². The number of azide groups is 1. The van der Waals surface area contributed by atoms with Gasteiger partial charge in [-0.1, -0.05) is 0 Å². The van der Waals surface area contributed by atoms with Gasteiger partial charge in [-0.25, -0.2) is 0 Å². The van der Waals surface area contributed by atoms with Gasteiger partial charge in [-0.05, 0) is 17.1 Å². The summed E-state index contributed by atoms with van der Waals surface area (Å²) in [6.45, 7) is 0. The number of alkyl halides is 13. The molecule has 0 aromatic heterocycles. The third kappa shape index (κ3) is 4.33. The molecule has 0 fully saturated rings. The molecule has 0 N–H and O–H groups in total. The molecule has 0 rings (SSSR count). The molecule has 25 heavy (non-hydrogen) atoms. The fraction of sp³-hybridized carbons (Fsp3) is 1.00. The normalized spacial score (nSPS) is 15.1. The van der Waals surface area contributed by atoms with Gasteiger partial charge < -0.3 is 0 Å². The Balaban J connectivity index is 5.74. The predicted molar refractivity (Wildman–Crippen MR) is 53.8 cm³/mol. The first-order chi connectivity index (χ1) is 10.8. The Bertz CT molecular complexity index is 517. The molecule has 0 heterocycles. The molecule has 0 aliphatic rings. The fourth-order valence-electron chi connectivity index (χ4n) is 1.40. The highest BCUT2D eigenvalue weighted by atomic mass is 19.4. The summed E-state index contributed by atoms with van der Waals surface area (Å²) in [7, 11) is 0. The third-order valence-corrected chi connectivity index (χ3v) is 2.75. The zero-order chi connectivity index (χ0) is 20.5. The van der Waals surface area contributed by atoms with Crippen LogP contribution in [0.1, 0.15) is 19.3 Å². The summed E-state index contributed by atoms with van der Waals surface area (Å²) < 4.78 is 165. The third-order valence-electron chi connectivity index (χ3n) is 2.75. The van der Waals surface area contributed by atoms with Crippen LogP contribution in [0.25, 0.3) is 10.4 Å². The maximum Gasteiger partial charge on any atom is 0.394 e. The lowest BCUT2D eigenvalue weighted by Crippen LogP contribution is -2.66. The van der Waals surface area contributed by atoms with Crippen molar-refractivity contribution in [2.75, 3.05) is 0 Å². The smallest absolute Gasteiger partial charge is 0.200 e. The Hall–Kier alpha value is -1.60. The minimum absolute atomic E-state index is 0.875. The SMILES string of the molecule is [N-]=[N+]=NC(F)(F)C(F)(F)C(F)(F)C(F)(F)C(F)(F)CCCC(F)(F)F. The van der Waals surface area contributed by atoms with Crippen LogP contribution in [0.5, 0.6) is 0 Å². The van der Waals surface area contributed by atoms with Crippen molar-refractivity contribution < 1.29 is 57.1 Å². The Morgan fingerprint density at radius 1 is 0.640 bits per heavy atom. The van der Waals surface area contributed by atoms with Gasteiger partial charge >= 0.3 is 35.9 Å². The van der Waals surface area contributed by atoms with Crippen molar-refractivity contribution in [3.05, 3.63) is 10.4 Å². The first-order valence-electron chi connectivity index (χ1n) is 5.79. The zero-order valence-electron chi connectivity index (χ0n) is 11.4. The highest BCUT2D eigenvalue weighted by molar-refractivity contribution is 5.07. The van der Waals surface area contributed by atoms with E-state index in [4.69, 9.17) is 5.53 Å². The second-order valence-electron chi connectivity index (χ2n) is 4.63. The van der Waals surface area contributed by atoms with E-state index in [2.05, 4.69) is 0 Å². The second kappa shape index (κ2) is 6.61. The van der Waals surface area contributed by atoms with E-state index in [1.807, 2.05) is 0 Å². The fourth-order valence-corrected chi connectivity index (χ4v) is 1.40. The van der Waals surface area contributed by atoms with E-state index >= 15 is 0 Å². The van der Waals surface area contributed by atoms with Crippen LogP contribution < -0.4 is 0 Å². The van der Waals surface area contributed by atoms with Crippen LogP contribution in [0.4, 0.5) is 57.1 Å². The van der Waals surface area contributed by atoms with Crippen LogP contribution in [0.3, 0.4) is 0 Å². The van der Waals surface area contributed by atoms with Gasteiger partial charge in [0.25, 0.3) is 0 Å². The lowest BCUT2D eigenvalue weighted by atomic mass is 9.94. The molecule has 0 bridgehead atoms. The molecule has 0 aliphatic heterocycles. The number of hydrogen-bond donors (Lipinski definition) is 0. The van der Waals surface area contributed by atoms with Gasteiger partial charge in [-0.2, -0.15) is 57.1 Å². The van der Waals surface area contributed by atoms with Crippen LogP contribution in [0.2, 0.25) is 0 Å². The summed E-state index contributed by atoms with van der Waals surface area (Å²) in [6.07, 6.45) is -11.8. The summed E-state index contributed by atoms with van der Waals surface area (Å²) >= 11 is 0. The minimum atomic E-state index is -7.47. The highest BCUT2D eigenvalue weighted by Gasteiger charge is 2.85. The van der Waals surface area contributed by atoms with Crippen LogP contribution >= 0.6 is 0 Å². The minimum Gasteiger partial charge on any atom is -0.200 e. The van der Waals surface area contributed by atoms with Gasteiger partial charge in [-0.3, -0.25) is 0 Å². The Morgan fingerprint density at radius 3 is 1.44 bits per heavy atom. The molecule has 0 unspecified atom stereocenters. The van der Waals surface area contributed by atoms with Gasteiger partial charge in [0, 0.05) is 17.8 Å². The quantitative estimate of drug-likeness (QED) is 0.153. The van der Waals surface area contributed by atoms with Crippen molar-refractivity contribution in [3.8, 4) is 0 Å². The van der Waals surface area contributed by atoms with Crippen LogP contribution in [-0.4, -0.2) is 35.9 Å². The molecule has 0 aromatic rings. The lowest BCUT2D eigenvalue weighted by molar-refractivity contribution is -0.401. The summed E-state index contributed by atoms with van der Waals surface area (Å²) in [5.41, 5.74) is 7.54. The predicted octanol–water partition coefficient (Wildman–Crippen LogP) is 6.16. The van der Waals surface area contributed by atoms with E-state index in [0.29, 0.717) is 0 Å². The van der Waals surface area contributed by atoms with E-state index in [0.717, 1.165) is 10.0 Å². The van der Waals surface area contributed by atoms with Crippen molar-refractivity contribution in [1.82, 2.24) is 0 Å². The average Bonchev–Trinajstić information content (AvgIpc) is 2.35. The molecular weight excluding hydrogens is 397 g/mol. The standard InChI is InChI=1S/C9H6F13N3/c10-4(11,2-1-3-5(12,13)14)6(15,16)7(17,18)8(19,20)9(21,22)24-25-23/h1-3H2. The first kappa shape index (κ1) is 23.4. The Kier molecular flexibility index (Phi) is 6.19. The molecule has 0 amide bonds. The molecular formula is C9H6F13N3. The zero-order valence-corrected chi connectivity index (χ0v) is 11.4. The topological polar surface area (TPSA) is 48.8 Å². The molecule has 0 aliphatic carbocycles. The molecule has 0 saturated carbocycles. The molecule has 0 spiro atoms. The van der Waals surface area contributed by atoms with Gasteiger partial charge in [0.15, 0.2) is 0 Å². The van der Waals surface area contributed by atoms with Crippen LogP contribution in [-0.2, 0) is 0 Å². The van der Waals surface area contributed by atoms with E-state index < -0.39 is 55.2 Å². The summed E-state index contributed by atoms with van der Waals surface area (Å²) in [5.74, 6) is -28.1. The molecule has 0 saturated heterocycles. The Labute approximate surface area is 129 Å². The summed E-state index contributed by atoms with van der Waals surface area (Å²) in [4.78, 5) is 1.01. The van der Waals surface area contributed by atoms with Crippen molar-refractivity contribution in [1.29, 1.82) is 0 Å². The van der Waals surface area contributed by atoms with Crippen LogP contribution in [0.15, 0.2) is 5.11 Å². The number of halogens is 13. The van der Waals surface area contributed by atoms with Gasteiger partial charge in [0.1, 0.15) is 0 Å². The maximum absolute atomic E-state index is 13.1. The van der Waals surface area contributed by atoms with Crippen molar-refractivity contribution in [3.63, 3.8) is 0 Å². The number of nitrogens with zero attached hydrogens (tertiary/aromatic N) is 3. The van der Waals surface area contributed by atoms with E-state index in [1.165, 1.54) is 0 Å². The van der Waals surface area contributed by atoms with Crippen molar-refractivity contribution in [2.24, 2.45) is 5.11 Å². The van der Waals surface area contributed by atoms with Crippen molar-refractivity contribution in [2.45, 2.75) is 55.2 Å². The maximum atomic E-state index is 13.1. The van der Waals surface area contributed by atoms with Gasteiger partial charge in [-0.15, -0.1) is 0 Å². The van der Waals surface area contributed by atoms with Gasteiger partial charge in [0.05, 0.1) is 0 Å². The number of hydrogen-bond acceptors (Lipinski definition) is 1. The average molecular weight is 403 g/mol. The number of rotatable bonds is 8. The molecule has 0 atom stereocenters. The van der Waals surface area contributed by atoms with E-state index in [1.54, 1.807) is 0 Å². The molecule has 148 valence electrons. The van der Waals surface area contributed by atoms with Gasteiger partial charge in [0.2, 0.25) is 0 Å². The summed E-state index contributed by atoms with van der Waals surface area (Å²) in [5, 5.41) is 0.875. The summed E-state index contributed by atoms with van der Waals surface area (Å²) in [6, 6.07) is -6.53. The van der Waals surface area contributed by atoms with Crippen LogP contribution in [0, 0.1) is 0 Å². The Morgan fingerprint density at radius 2 is 1.08 bits per heavy atom.